The van der Waals surface area contributed by atoms with Crippen LogP contribution in [0.2, 0.25) is 0 Å². The highest BCUT2D eigenvalue weighted by atomic mass is 16.5. The molecule has 0 aromatic rings. The highest BCUT2D eigenvalue weighted by Gasteiger charge is 2.40. The van der Waals surface area contributed by atoms with Crippen LogP contribution in [0.15, 0.2) is 0 Å². The van der Waals surface area contributed by atoms with E-state index in [1.807, 2.05) is 0 Å². The number of carboxylic acid groups (broad SMARTS) is 1. The number of hydrogen-bond donors (Lipinski definition) is 2. The van der Waals surface area contributed by atoms with Gasteiger partial charge in [0.1, 0.15) is 0 Å². The lowest BCUT2D eigenvalue weighted by molar-refractivity contribution is -0.149. The van der Waals surface area contributed by atoms with Crippen LogP contribution in [0.1, 0.15) is 33.1 Å². The van der Waals surface area contributed by atoms with Crippen molar-refractivity contribution >= 4 is 5.97 Å². The Morgan fingerprint density at radius 2 is 2.25 bits per heavy atom. The fourth-order valence-corrected chi connectivity index (χ4v) is 1.94. The lowest BCUT2D eigenvalue weighted by Crippen LogP contribution is -2.34. The SMILES string of the molecule is CC(C)CCOCCC1(C(=O)O)CCNC1. The maximum Gasteiger partial charge on any atom is 0.311 e. The summed E-state index contributed by atoms with van der Waals surface area (Å²) in [5.74, 6) is -0.0495. The predicted octanol–water partition coefficient (Wildman–Crippen LogP) is 1.50. The van der Waals surface area contributed by atoms with E-state index in [2.05, 4.69) is 19.2 Å². The average molecular weight is 229 g/mol. The molecule has 1 fully saturated rings. The molecule has 16 heavy (non-hydrogen) atoms. The third-order valence-electron chi connectivity index (χ3n) is 3.26. The van der Waals surface area contributed by atoms with Gasteiger partial charge in [0.15, 0.2) is 0 Å². The van der Waals surface area contributed by atoms with Gasteiger partial charge in [-0.15, -0.1) is 0 Å². The van der Waals surface area contributed by atoms with Gasteiger partial charge in [-0.05, 0) is 31.7 Å². The Labute approximate surface area is 97.4 Å². The summed E-state index contributed by atoms with van der Waals surface area (Å²) in [6.07, 6.45) is 2.38. The van der Waals surface area contributed by atoms with Crippen molar-refractivity contribution in [2.24, 2.45) is 11.3 Å². The molecule has 2 N–H and O–H groups in total. The summed E-state index contributed by atoms with van der Waals surface area (Å²) in [4.78, 5) is 11.2. The Hall–Kier alpha value is -0.610. The highest BCUT2D eigenvalue weighted by molar-refractivity contribution is 5.75. The quantitative estimate of drug-likeness (QED) is 0.650. The van der Waals surface area contributed by atoms with Crippen molar-refractivity contribution in [1.82, 2.24) is 5.32 Å². The van der Waals surface area contributed by atoms with Gasteiger partial charge < -0.3 is 15.2 Å². The number of carboxylic acids is 1. The zero-order valence-corrected chi connectivity index (χ0v) is 10.3. The molecule has 4 heteroatoms. The lowest BCUT2D eigenvalue weighted by atomic mass is 9.84. The van der Waals surface area contributed by atoms with Crippen molar-refractivity contribution in [3.63, 3.8) is 0 Å². The third kappa shape index (κ3) is 3.76. The van der Waals surface area contributed by atoms with E-state index in [9.17, 15) is 9.90 Å². The van der Waals surface area contributed by atoms with Gasteiger partial charge in [0.25, 0.3) is 0 Å². The molecule has 0 spiro atoms. The topological polar surface area (TPSA) is 58.6 Å². The van der Waals surface area contributed by atoms with Crippen LogP contribution < -0.4 is 5.32 Å². The molecule has 1 heterocycles. The summed E-state index contributed by atoms with van der Waals surface area (Å²) in [6.45, 7) is 6.99. The van der Waals surface area contributed by atoms with E-state index in [4.69, 9.17) is 4.74 Å². The van der Waals surface area contributed by atoms with E-state index in [1.165, 1.54) is 0 Å². The minimum atomic E-state index is -0.690. The van der Waals surface area contributed by atoms with Crippen LogP contribution in [-0.2, 0) is 9.53 Å². The molecular formula is C12H23NO3. The highest BCUT2D eigenvalue weighted by Crippen LogP contribution is 2.29. The smallest absolute Gasteiger partial charge is 0.311 e. The molecular weight excluding hydrogens is 206 g/mol. The zero-order chi connectivity index (χ0) is 12.0. The van der Waals surface area contributed by atoms with Crippen molar-refractivity contribution in [1.29, 1.82) is 0 Å². The summed E-state index contributed by atoms with van der Waals surface area (Å²) < 4.78 is 5.49. The number of nitrogens with one attached hydrogen (secondary N) is 1. The molecule has 0 radical (unpaired) electrons. The molecule has 1 unspecified atom stereocenters. The predicted molar refractivity (Wildman–Crippen MR) is 62.4 cm³/mol. The maximum atomic E-state index is 11.2. The molecule has 0 bridgehead atoms. The van der Waals surface area contributed by atoms with E-state index in [1.54, 1.807) is 0 Å². The first-order chi connectivity index (χ1) is 7.57. The monoisotopic (exact) mass is 229 g/mol. The molecule has 0 aromatic carbocycles. The maximum absolute atomic E-state index is 11.2. The molecule has 1 atom stereocenters. The first-order valence-corrected chi connectivity index (χ1v) is 6.09. The van der Waals surface area contributed by atoms with Gasteiger partial charge in [0.2, 0.25) is 0 Å². The fraction of sp³-hybridized carbons (Fsp3) is 0.917. The Bertz CT molecular complexity index is 222. The molecule has 0 amide bonds. The summed E-state index contributed by atoms with van der Waals surface area (Å²) in [7, 11) is 0. The summed E-state index contributed by atoms with van der Waals surface area (Å²) >= 11 is 0. The van der Waals surface area contributed by atoms with Gasteiger partial charge in [-0.25, -0.2) is 0 Å². The van der Waals surface area contributed by atoms with Crippen molar-refractivity contribution in [3.8, 4) is 0 Å². The fourth-order valence-electron chi connectivity index (χ4n) is 1.94. The molecule has 0 aliphatic carbocycles. The standard InChI is InChI=1S/C12H23NO3/c1-10(2)3-7-16-8-5-12(11(14)15)4-6-13-9-12/h10,13H,3-9H2,1-2H3,(H,14,15). The zero-order valence-electron chi connectivity index (χ0n) is 10.3. The van der Waals surface area contributed by atoms with Crippen molar-refractivity contribution in [2.45, 2.75) is 33.1 Å². The minimum absolute atomic E-state index is 0.556. The van der Waals surface area contributed by atoms with Crippen molar-refractivity contribution < 1.29 is 14.6 Å². The van der Waals surface area contributed by atoms with Crippen LogP contribution in [-0.4, -0.2) is 37.4 Å². The Morgan fingerprint density at radius 3 is 2.75 bits per heavy atom. The molecule has 0 saturated carbocycles. The second kappa shape index (κ2) is 6.21. The van der Waals surface area contributed by atoms with Crippen LogP contribution in [0.3, 0.4) is 0 Å². The first-order valence-electron chi connectivity index (χ1n) is 6.09. The molecule has 1 saturated heterocycles. The Morgan fingerprint density at radius 1 is 1.50 bits per heavy atom. The second-order valence-corrected chi connectivity index (χ2v) is 5.06. The van der Waals surface area contributed by atoms with Crippen LogP contribution >= 0.6 is 0 Å². The second-order valence-electron chi connectivity index (χ2n) is 5.06. The van der Waals surface area contributed by atoms with Crippen LogP contribution in [0.4, 0.5) is 0 Å². The Kier molecular flexibility index (Phi) is 5.22. The van der Waals surface area contributed by atoms with Crippen molar-refractivity contribution in [2.75, 3.05) is 26.3 Å². The molecule has 1 aliphatic rings. The Balaban J connectivity index is 2.21. The average Bonchev–Trinajstić information content (AvgIpc) is 2.66. The molecule has 94 valence electrons. The normalized spacial score (nSPS) is 25.2. The van der Waals surface area contributed by atoms with E-state index in [-0.39, 0.29) is 0 Å². The number of ether oxygens (including phenoxy) is 1. The molecule has 1 rings (SSSR count). The van der Waals surface area contributed by atoms with Crippen LogP contribution in [0, 0.1) is 11.3 Å². The van der Waals surface area contributed by atoms with Gasteiger partial charge in [0.05, 0.1) is 5.41 Å². The third-order valence-corrected chi connectivity index (χ3v) is 3.26. The summed E-state index contributed by atoms with van der Waals surface area (Å²) in [5.41, 5.74) is -0.585. The number of hydrogen-bond acceptors (Lipinski definition) is 3. The number of carbonyl (C=O) groups is 1. The summed E-state index contributed by atoms with van der Waals surface area (Å²) in [6, 6.07) is 0. The molecule has 1 aliphatic heterocycles. The van der Waals surface area contributed by atoms with Gasteiger partial charge >= 0.3 is 5.97 Å². The number of aliphatic carboxylic acids is 1. The van der Waals surface area contributed by atoms with Gasteiger partial charge in [0, 0.05) is 19.8 Å². The summed E-state index contributed by atoms with van der Waals surface area (Å²) in [5, 5.41) is 12.3. The van der Waals surface area contributed by atoms with Crippen molar-refractivity contribution in [3.05, 3.63) is 0 Å². The van der Waals surface area contributed by atoms with Gasteiger partial charge in [-0.3, -0.25) is 4.79 Å². The largest absolute Gasteiger partial charge is 0.481 e. The number of rotatable bonds is 7. The van der Waals surface area contributed by atoms with Crippen LogP contribution in [0.25, 0.3) is 0 Å². The van der Waals surface area contributed by atoms with E-state index in [0.29, 0.717) is 25.5 Å². The first kappa shape index (κ1) is 13.5. The van der Waals surface area contributed by atoms with Gasteiger partial charge in [-0.2, -0.15) is 0 Å². The molecule has 0 aromatic heterocycles. The minimum Gasteiger partial charge on any atom is -0.481 e. The lowest BCUT2D eigenvalue weighted by Gasteiger charge is -2.22. The van der Waals surface area contributed by atoms with Crippen LogP contribution in [0.5, 0.6) is 0 Å². The molecule has 4 nitrogen and oxygen atoms in total. The van der Waals surface area contributed by atoms with E-state index < -0.39 is 11.4 Å². The van der Waals surface area contributed by atoms with E-state index >= 15 is 0 Å². The van der Waals surface area contributed by atoms with Gasteiger partial charge in [-0.1, -0.05) is 13.8 Å². The van der Waals surface area contributed by atoms with E-state index in [0.717, 1.165) is 26.0 Å².